The van der Waals surface area contributed by atoms with Gasteiger partial charge in [0, 0.05) is 24.6 Å². The molecule has 0 saturated carbocycles. The van der Waals surface area contributed by atoms with E-state index in [1.807, 2.05) is 41.3 Å². The maximum Gasteiger partial charge on any atom is 0.254 e. The first-order valence-corrected chi connectivity index (χ1v) is 8.04. The molecule has 3 heterocycles. The Morgan fingerprint density at radius 1 is 1.25 bits per heavy atom. The van der Waals surface area contributed by atoms with E-state index in [1.165, 1.54) is 6.33 Å². The first kappa shape index (κ1) is 14.7. The van der Waals surface area contributed by atoms with Crippen molar-refractivity contribution in [3.05, 3.63) is 72.2 Å². The summed E-state index contributed by atoms with van der Waals surface area (Å²) in [6.45, 7) is 1.99. The Balaban J connectivity index is 1.53. The van der Waals surface area contributed by atoms with Crippen LogP contribution < -0.4 is 0 Å². The summed E-state index contributed by atoms with van der Waals surface area (Å²) in [5.74, 6) is 1.31. The van der Waals surface area contributed by atoms with Crippen LogP contribution in [0, 0.1) is 0 Å². The van der Waals surface area contributed by atoms with Crippen LogP contribution in [0.15, 0.2) is 59.7 Å². The van der Waals surface area contributed by atoms with Gasteiger partial charge >= 0.3 is 0 Å². The third-order valence-electron chi connectivity index (χ3n) is 4.47. The molecule has 1 aromatic carbocycles. The molecule has 1 amide bonds. The van der Waals surface area contributed by atoms with Gasteiger partial charge in [-0.05, 0) is 30.2 Å². The Labute approximate surface area is 139 Å². The zero-order chi connectivity index (χ0) is 16.4. The minimum Gasteiger partial charge on any atom is -0.469 e. The average molecular weight is 322 g/mol. The van der Waals surface area contributed by atoms with Gasteiger partial charge < -0.3 is 9.32 Å². The van der Waals surface area contributed by atoms with E-state index in [1.54, 1.807) is 17.3 Å². The molecule has 0 aliphatic carbocycles. The molecule has 6 nitrogen and oxygen atoms in total. The number of furan rings is 1. The van der Waals surface area contributed by atoms with Crippen molar-refractivity contribution in [2.45, 2.75) is 18.9 Å². The zero-order valence-corrected chi connectivity index (χ0v) is 13.2. The van der Waals surface area contributed by atoms with Gasteiger partial charge in [0.15, 0.2) is 0 Å². The lowest BCUT2D eigenvalue weighted by atomic mass is 10.1. The lowest BCUT2D eigenvalue weighted by Gasteiger charge is -2.18. The second-order valence-corrected chi connectivity index (χ2v) is 6.00. The summed E-state index contributed by atoms with van der Waals surface area (Å²) < 4.78 is 7.21. The van der Waals surface area contributed by atoms with Crippen LogP contribution in [0.25, 0.3) is 0 Å². The van der Waals surface area contributed by atoms with Gasteiger partial charge in [0.05, 0.1) is 12.8 Å². The predicted octanol–water partition coefficient (Wildman–Crippen LogP) is 2.55. The Hall–Kier alpha value is -2.89. The lowest BCUT2D eigenvalue weighted by molar-refractivity contribution is 0.0789. The Kier molecular flexibility index (Phi) is 3.86. The largest absolute Gasteiger partial charge is 0.469 e. The Morgan fingerprint density at radius 3 is 2.96 bits per heavy atom. The number of aromatic nitrogens is 3. The van der Waals surface area contributed by atoms with Crippen LogP contribution in [0.3, 0.4) is 0 Å². The molecular formula is C18H18N4O2. The van der Waals surface area contributed by atoms with Crippen LogP contribution in [0.4, 0.5) is 0 Å². The topological polar surface area (TPSA) is 64.2 Å². The van der Waals surface area contributed by atoms with Crippen LogP contribution in [-0.4, -0.2) is 38.7 Å². The number of amides is 1. The number of benzene rings is 1. The van der Waals surface area contributed by atoms with E-state index in [9.17, 15) is 4.79 Å². The lowest BCUT2D eigenvalue weighted by Crippen LogP contribution is -2.29. The minimum absolute atomic E-state index is 0.0692. The fourth-order valence-electron chi connectivity index (χ4n) is 3.23. The molecule has 0 N–H and O–H groups in total. The molecule has 1 atom stereocenters. The molecule has 1 unspecified atom stereocenters. The molecule has 1 aliphatic heterocycles. The summed E-state index contributed by atoms with van der Waals surface area (Å²) in [6, 6.07) is 11.6. The van der Waals surface area contributed by atoms with Gasteiger partial charge in [-0.1, -0.05) is 18.2 Å². The molecule has 6 heteroatoms. The molecule has 122 valence electrons. The van der Waals surface area contributed by atoms with E-state index in [0.717, 1.165) is 29.9 Å². The normalized spacial score (nSPS) is 17.3. The average Bonchev–Trinajstić information content (AvgIpc) is 3.35. The second kappa shape index (κ2) is 6.31. The molecular weight excluding hydrogens is 304 g/mol. The van der Waals surface area contributed by atoms with Gasteiger partial charge in [0.2, 0.25) is 0 Å². The second-order valence-electron chi connectivity index (χ2n) is 6.00. The SMILES string of the molecule is O=C(c1ccccc1Cn1cncn1)N1CCC(c2ccco2)C1. The monoisotopic (exact) mass is 322 g/mol. The van der Waals surface area contributed by atoms with Crippen LogP contribution in [-0.2, 0) is 6.54 Å². The fraction of sp³-hybridized carbons (Fsp3) is 0.278. The summed E-state index contributed by atoms with van der Waals surface area (Å²) in [4.78, 5) is 18.8. The summed E-state index contributed by atoms with van der Waals surface area (Å²) in [5.41, 5.74) is 1.68. The van der Waals surface area contributed by atoms with Crippen molar-refractivity contribution in [2.75, 3.05) is 13.1 Å². The fourth-order valence-corrected chi connectivity index (χ4v) is 3.23. The number of nitrogens with zero attached hydrogens (tertiary/aromatic N) is 4. The molecule has 1 aliphatic rings. The van der Waals surface area contributed by atoms with Gasteiger partial charge in [-0.2, -0.15) is 5.10 Å². The van der Waals surface area contributed by atoms with Gasteiger partial charge in [-0.3, -0.25) is 4.79 Å². The molecule has 0 bridgehead atoms. The van der Waals surface area contributed by atoms with Crippen molar-refractivity contribution in [3.8, 4) is 0 Å². The van der Waals surface area contributed by atoms with Crippen molar-refractivity contribution < 1.29 is 9.21 Å². The van der Waals surface area contributed by atoms with Crippen molar-refractivity contribution in [2.24, 2.45) is 0 Å². The highest BCUT2D eigenvalue weighted by Gasteiger charge is 2.30. The molecule has 1 fully saturated rings. The van der Waals surface area contributed by atoms with Crippen molar-refractivity contribution in [1.29, 1.82) is 0 Å². The van der Waals surface area contributed by atoms with E-state index in [0.29, 0.717) is 13.1 Å². The predicted molar refractivity (Wildman–Crippen MR) is 87.5 cm³/mol. The number of carbonyl (C=O) groups excluding carboxylic acids is 1. The first-order valence-electron chi connectivity index (χ1n) is 8.04. The molecule has 24 heavy (non-hydrogen) atoms. The number of carbonyl (C=O) groups is 1. The molecule has 1 saturated heterocycles. The van der Waals surface area contributed by atoms with Gasteiger partial charge in [-0.15, -0.1) is 0 Å². The van der Waals surface area contributed by atoms with E-state index in [-0.39, 0.29) is 11.8 Å². The van der Waals surface area contributed by atoms with E-state index < -0.39 is 0 Å². The van der Waals surface area contributed by atoms with Crippen LogP contribution >= 0.6 is 0 Å². The molecule has 3 aromatic rings. The maximum absolute atomic E-state index is 13.0. The summed E-state index contributed by atoms with van der Waals surface area (Å²) >= 11 is 0. The summed E-state index contributed by atoms with van der Waals surface area (Å²) in [5, 5.41) is 4.12. The van der Waals surface area contributed by atoms with E-state index >= 15 is 0 Å². The number of hydrogen-bond donors (Lipinski definition) is 0. The minimum atomic E-state index is 0.0692. The number of hydrogen-bond acceptors (Lipinski definition) is 4. The summed E-state index contributed by atoms with van der Waals surface area (Å²) in [6.07, 6.45) is 5.78. The van der Waals surface area contributed by atoms with Gasteiger partial charge in [0.1, 0.15) is 18.4 Å². The van der Waals surface area contributed by atoms with Crippen molar-refractivity contribution in [3.63, 3.8) is 0 Å². The molecule has 2 aromatic heterocycles. The van der Waals surface area contributed by atoms with Gasteiger partial charge in [0.25, 0.3) is 5.91 Å². The molecule has 4 rings (SSSR count). The van der Waals surface area contributed by atoms with Crippen LogP contribution in [0.1, 0.15) is 34.0 Å². The first-order chi connectivity index (χ1) is 11.8. The quantitative estimate of drug-likeness (QED) is 0.740. The van der Waals surface area contributed by atoms with E-state index in [2.05, 4.69) is 10.1 Å². The highest BCUT2D eigenvalue weighted by Crippen LogP contribution is 2.28. The van der Waals surface area contributed by atoms with Gasteiger partial charge in [-0.25, -0.2) is 9.67 Å². The highest BCUT2D eigenvalue weighted by molar-refractivity contribution is 5.96. The maximum atomic E-state index is 13.0. The summed E-state index contributed by atoms with van der Waals surface area (Å²) in [7, 11) is 0. The third kappa shape index (κ3) is 2.82. The smallest absolute Gasteiger partial charge is 0.254 e. The standard InChI is InChI=1S/C18H18N4O2/c23-18(21-8-7-15(10-21)17-6-3-9-24-17)16-5-2-1-4-14(16)11-22-13-19-12-20-22/h1-6,9,12-13,15H,7-8,10-11H2. The molecule has 0 spiro atoms. The van der Waals surface area contributed by atoms with Crippen molar-refractivity contribution >= 4 is 5.91 Å². The highest BCUT2D eigenvalue weighted by atomic mass is 16.3. The Morgan fingerprint density at radius 2 is 2.17 bits per heavy atom. The molecule has 0 radical (unpaired) electrons. The number of likely N-dealkylation sites (tertiary alicyclic amines) is 1. The zero-order valence-electron chi connectivity index (χ0n) is 13.2. The number of rotatable bonds is 4. The van der Waals surface area contributed by atoms with Crippen LogP contribution in [0.5, 0.6) is 0 Å². The van der Waals surface area contributed by atoms with Crippen LogP contribution in [0.2, 0.25) is 0 Å². The third-order valence-corrected chi connectivity index (χ3v) is 4.47. The van der Waals surface area contributed by atoms with E-state index in [4.69, 9.17) is 4.42 Å². The van der Waals surface area contributed by atoms with Crippen molar-refractivity contribution in [1.82, 2.24) is 19.7 Å². The Bertz CT molecular complexity index is 811.